The Hall–Kier alpha value is -1.34. The molecule has 0 heterocycles. The quantitative estimate of drug-likeness (QED) is 0.154. The number of hydrogen-bond donors (Lipinski definition) is 5. The van der Waals surface area contributed by atoms with E-state index in [1.165, 1.54) is 0 Å². The fourth-order valence-corrected chi connectivity index (χ4v) is 0.670. The van der Waals surface area contributed by atoms with Crippen LogP contribution in [0.25, 0.3) is 0 Å². The molecular weight excluding hydrogens is 176 g/mol. The third kappa shape index (κ3) is 5.88. The highest BCUT2D eigenvalue weighted by atomic mass is 16.5. The number of carboxylic acids is 1. The van der Waals surface area contributed by atoms with Crippen molar-refractivity contribution in [2.45, 2.75) is 18.9 Å². The molecule has 0 amide bonds. The maximum absolute atomic E-state index is 10.2. The van der Waals surface area contributed by atoms with Crippen molar-refractivity contribution in [3.63, 3.8) is 0 Å². The summed E-state index contributed by atoms with van der Waals surface area (Å²) in [5.41, 5.74) is 12.0. The Morgan fingerprint density at radius 3 is 2.69 bits per heavy atom. The first-order valence-corrected chi connectivity index (χ1v) is 3.76. The van der Waals surface area contributed by atoms with Gasteiger partial charge in [-0.25, -0.2) is 5.48 Å². The van der Waals surface area contributed by atoms with Crippen molar-refractivity contribution in [1.29, 1.82) is 0 Å². The Labute approximate surface area is 75.4 Å². The SMILES string of the molecule is NC(=NCCC[C@@H](N)C(=O)O)NO. The zero-order chi connectivity index (χ0) is 10.3. The van der Waals surface area contributed by atoms with Crippen molar-refractivity contribution >= 4 is 11.9 Å². The van der Waals surface area contributed by atoms with Crippen LogP contribution in [-0.2, 0) is 4.79 Å². The summed E-state index contributed by atoms with van der Waals surface area (Å²) in [6.45, 7) is 0.334. The van der Waals surface area contributed by atoms with Crippen molar-refractivity contribution in [3.8, 4) is 0 Å². The van der Waals surface area contributed by atoms with Gasteiger partial charge in [0.2, 0.25) is 5.96 Å². The first kappa shape index (κ1) is 11.7. The van der Waals surface area contributed by atoms with Crippen molar-refractivity contribution < 1.29 is 15.1 Å². The van der Waals surface area contributed by atoms with Gasteiger partial charge in [0.05, 0.1) is 0 Å². The van der Waals surface area contributed by atoms with E-state index >= 15 is 0 Å². The maximum Gasteiger partial charge on any atom is 0.320 e. The highest BCUT2D eigenvalue weighted by Crippen LogP contribution is 1.94. The van der Waals surface area contributed by atoms with Crippen molar-refractivity contribution in [2.24, 2.45) is 16.5 Å². The summed E-state index contributed by atoms with van der Waals surface area (Å²) in [5.74, 6) is -1.12. The lowest BCUT2D eigenvalue weighted by molar-refractivity contribution is -0.138. The van der Waals surface area contributed by atoms with Crippen LogP contribution in [0.3, 0.4) is 0 Å². The second-order valence-electron chi connectivity index (χ2n) is 2.47. The number of aliphatic imine (C=N–C) groups is 1. The highest BCUT2D eigenvalue weighted by molar-refractivity contribution is 5.76. The summed E-state index contributed by atoms with van der Waals surface area (Å²) in [7, 11) is 0. The number of nitrogens with two attached hydrogens (primary N) is 2. The van der Waals surface area contributed by atoms with E-state index in [1.807, 2.05) is 0 Å². The molecule has 0 saturated carbocycles. The number of carboxylic acid groups (broad SMARTS) is 1. The van der Waals surface area contributed by atoms with Crippen molar-refractivity contribution in [1.82, 2.24) is 5.48 Å². The Morgan fingerprint density at radius 2 is 2.23 bits per heavy atom. The smallest absolute Gasteiger partial charge is 0.320 e. The Bertz CT molecular complexity index is 194. The van der Waals surface area contributed by atoms with Crippen LogP contribution in [0.1, 0.15) is 12.8 Å². The van der Waals surface area contributed by atoms with Gasteiger partial charge in [0.25, 0.3) is 0 Å². The number of hydroxylamine groups is 1. The number of guanidine groups is 1. The van der Waals surface area contributed by atoms with Crippen LogP contribution < -0.4 is 16.9 Å². The molecule has 0 aliphatic rings. The van der Waals surface area contributed by atoms with Gasteiger partial charge in [-0.1, -0.05) is 0 Å². The molecule has 0 saturated heterocycles. The Kier molecular flexibility index (Phi) is 5.57. The van der Waals surface area contributed by atoms with Crippen molar-refractivity contribution in [2.75, 3.05) is 6.54 Å². The topological polar surface area (TPSA) is 134 Å². The van der Waals surface area contributed by atoms with Crippen LogP contribution in [0.4, 0.5) is 0 Å². The van der Waals surface area contributed by atoms with Crippen molar-refractivity contribution in [3.05, 3.63) is 0 Å². The number of nitrogens with one attached hydrogen (secondary N) is 1. The largest absolute Gasteiger partial charge is 0.480 e. The Morgan fingerprint density at radius 1 is 1.62 bits per heavy atom. The molecule has 13 heavy (non-hydrogen) atoms. The molecule has 7 nitrogen and oxygen atoms in total. The summed E-state index contributed by atoms with van der Waals surface area (Å²) in [4.78, 5) is 13.9. The normalized spacial score (nSPS) is 13.8. The molecular formula is C6H14N4O3. The zero-order valence-corrected chi connectivity index (χ0v) is 7.10. The minimum Gasteiger partial charge on any atom is -0.480 e. The summed E-state index contributed by atoms with van der Waals surface area (Å²) < 4.78 is 0. The second-order valence-corrected chi connectivity index (χ2v) is 2.47. The van der Waals surface area contributed by atoms with Crippen LogP contribution in [-0.4, -0.2) is 34.8 Å². The second kappa shape index (κ2) is 6.21. The van der Waals surface area contributed by atoms with E-state index in [1.54, 1.807) is 5.48 Å². The first-order chi connectivity index (χ1) is 6.07. The van der Waals surface area contributed by atoms with Gasteiger partial charge in [0, 0.05) is 6.54 Å². The van der Waals surface area contributed by atoms with Gasteiger partial charge < -0.3 is 16.6 Å². The summed E-state index contributed by atoms with van der Waals surface area (Å²) in [6.07, 6.45) is 0.841. The lowest BCUT2D eigenvalue weighted by atomic mass is 10.2. The van der Waals surface area contributed by atoms with E-state index in [0.29, 0.717) is 19.4 Å². The van der Waals surface area contributed by atoms with Crippen LogP contribution in [0.2, 0.25) is 0 Å². The number of carbonyl (C=O) groups is 1. The molecule has 0 aromatic heterocycles. The fourth-order valence-electron chi connectivity index (χ4n) is 0.670. The molecule has 0 aliphatic heterocycles. The van der Waals surface area contributed by atoms with Gasteiger partial charge in [0.15, 0.2) is 0 Å². The molecule has 0 aromatic rings. The molecule has 0 fully saturated rings. The fraction of sp³-hybridized carbons (Fsp3) is 0.667. The number of hydrogen-bond acceptors (Lipinski definition) is 4. The van der Waals surface area contributed by atoms with E-state index in [2.05, 4.69) is 4.99 Å². The highest BCUT2D eigenvalue weighted by Gasteiger charge is 2.09. The minimum absolute atomic E-state index is 0.0936. The van der Waals surface area contributed by atoms with E-state index in [0.717, 1.165) is 0 Å². The zero-order valence-electron chi connectivity index (χ0n) is 7.10. The Balaban J connectivity index is 3.51. The summed E-state index contributed by atoms with van der Waals surface area (Å²) in [5, 5.41) is 16.6. The minimum atomic E-state index is -1.03. The first-order valence-electron chi connectivity index (χ1n) is 3.76. The third-order valence-corrected chi connectivity index (χ3v) is 1.39. The lowest BCUT2D eigenvalue weighted by Crippen LogP contribution is -2.30. The van der Waals surface area contributed by atoms with Gasteiger partial charge in [-0.15, -0.1) is 0 Å². The monoisotopic (exact) mass is 190 g/mol. The van der Waals surface area contributed by atoms with E-state index < -0.39 is 12.0 Å². The average Bonchev–Trinajstić information content (AvgIpc) is 2.11. The molecule has 7 heteroatoms. The molecule has 0 unspecified atom stereocenters. The van der Waals surface area contributed by atoms with Crippen LogP contribution in [0, 0.1) is 0 Å². The molecule has 0 radical (unpaired) electrons. The summed E-state index contributed by atoms with van der Waals surface area (Å²) >= 11 is 0. The predicted octanol–water partition coefficient (Wildman–Crippen LogP) is -1.53. The van der Waals surface area contributed by atoms with Gasteiger partial charge in [-0.2, -0.15) is 0 Å². The third-order valence-electron chi connectivity index (χ3n) is 1.39. The number of rotatable bonds is 5. The van der Waals surface area contributed by atoms with E-state index in [-0.39, 0.29) is 5.96 Å². The number of aliphatic carboxylic acids is 1. The molecule has 0 bridgehead atoms. The molecule has 0 spiro atoms. The van der Waals surface area contributed by atoms with Crippen LogP contribution >= 0.6 is 0 Å². The molecule has 0 aliphatic carbocycles. The van der Waals surface area contributed by atoms with Crippen LogP contribution in [0.15, 0.2) is 4.99 Å². The van der Waals surface area contributed by atoms with Crippen LogP contribution in [0.5, 0.6) is 0 Å². The molecule has 0 rings (SSSR count). The van der Waals surface area contributed by atoms with Gasteiger partial charge in [-0.05, 0) is 12.8 Å². The standard InChI is InChI=1S/C6H14N4O3/c7-4(5(11)12)2-1-3-9-6(8)10-13/h4,13H,1-3,7H2,(H,11,12)(H3,8,9,10)/t4-/m1/s1. The van der Waals surface area contributed by atoms with E-state index in [4.69, 9.17) is 21.8 Å². The molecule has 76 valence electrons. The lowest BCUT2D eigenvalue weighted by Gasteiger charge is -2.03. The van der Waals surface area contributed by atoms with Gasteiger partial charge in [0.1, 0.15) is 6.04 Å². The summed E-state index contributed by atoms with van der Waals surface area (Å²) in [6, 6.07) is -0.862. The average molecular weight is 190 g/mol. The predicted molar refractivity (Wildman–Crippen MR) is 46.3 cm³/mol. The van der Waals surface area contributed by atoms with E-state index in [9.17, 15) is 4.79 Å². The van der Waals surface area contributed by atoms with Gasteiger partial charge >= 0.3 is 5.97 Å². The molecule has 1 atom stereocenters. The maximum atomic E-state index is 10.2. The molecule has 0 aromatic carbocycles. The number of nitrogens with zero attached hydrogens (tertiary/aromatic N) is 1. The van der Waals surface area contributed by atoms with Gasteiger partial charge in [-0.3, -0.25) is 15.0 Å². The molecule has 7 N–H and O–H groups in total.